The van der Waals surface area contributed by atoms with E-state index in [-0.39, 0.29) is 11.5 Å². The van der Waals surface area contributed by atoms with Gasteiger partial charge in [0.1, 0.15) is 5.75 Å². The van der Waals surface area contributed by atoms with Gasteiger partial charge in [0.25, 0.3) is 6.20 Å². The molecule has 0 radical (unpaired) electrons. The number of rotatable bonds is 7. The van der Waals surface area contributed by atoms with Gasteiger partial charge in [0.15, 0.2) is 0 Å². The molecule has 0 heterocycles. The first-order chi connectivity index (χ1) is 10.3. The number of hydrazine groups is 1. The van der Waals surface area contributed by atoms with Gasteiger partial charge in [-0.3, -0.25) is 20.5 Å². The molecule has 1 rings (SSSR count). The van der Waals surface area contributed by atoms with Gasteiger partial charge in [0.05, 0.1) is 29.5 Å². The predicted octanol–water partition coefficient (Wildman–Crippen LogP) is 3.90. The van der Waals surface area contributed by atoms with Crippen molar-refractivity contribution in [2.45, 2.75) is 40.7 Å². The zero-order valence-corrected chi connectivity index (χ0v) is 13.9. The molecule has 0 aliphatic rings. The molecule has 1 atom stereocenters. The highest BCUT2D eigenvalue weighted by molar-refractivity contribution is 5.55. The van der Waals surface area contributed by atoms with Gasteiger partial charge in [-0.25, -0.2) is 0 Å². The van der Waals surface area contributed by atoms with E-state index in [1.54, 1.807) is 5.01 Å². The highest BCUT2D eigenvalue weighted by Gasteiger charge is 2.25. The van der Waals surface area contributed by atoms with Gasteiger partial charge < -0.3 is 4.74 Å². The first kappa shape index (κ1) is 17.8. The van der Waals surface area contributed by atoms with E-state index in [0.717, 1.165) is 11.9 Å². The minimum Gasteiger partial charge on any atom is -0.492 e. The Hall–Kier alpha value is -2.24. The molecule has 1 N–H and O–H groups in total. The van der Waals surface area contributed by atoms with E-state index >= 15 is 0 Å². The number of anilines is 1. The van der Waals surface area contributed by atoms with Gasteiger partial charge >= 0.3 is 0 Å². The van der Waals surface area contributed by atoms with Crippen molar-refractivity contribution < 1.29 is 9.66 Å². The Balaban J connectivity index is 3.05. The van der Waals surface area contributed by atoms with Crippen molar-refractivity contribution in [2.75, 3.05) is 12.0 Å². The second-order valence-electron chi connectivity index (χ2n) is 6.07. The van der Waals surface area contributed by atoms with Crippen LogP contribution in [0.3, 0.4) is 0 Å². The Morgan fingerprint density at radius 1 is 1.41 bits per heavy atom. The molecule has 1 aromatic rings. The summed E-state index contributed by atoms with van der Waals surface area (Å²) in [6, 6.07) is 7.55. The predicted molar refractivity (Wildman–Crippen MR) is 88.1 cm³/mol. The first-order valence-corrected chi connectivity index (χ1v) is 7.34. The lowest BCUT2D eigenvalue weighted by molar-refractivity contribution is -0.403. The Bertz CT molecular complexity index is 524. The SMILES string of the molecule is CCOc1ccccc1NN(C=C[N+](=O)[O-])C(C)C(C)(C)C. The fraction of sp³-hybridized carbons (Fsp3) is 0.500. The van der Waals surface area contributed by atoms with Crippen molar-refractivity contribution >= 4 is 5.69 Å². The van der Waals surface area contributed by atoms with Gasteiger partial charge in [0, 0.05) is 0 Å². The second kappa shape index (κ2) is 7.68. The third-order valence-corrected chi connectivity index (χ3v) is 3.46. The van der Waals surface area contributed by atoms with E-state index in [0.29, 0.717) is 12.4 Å². The molecular weight excluding hydrogens is 282 g/mol. The molecular formula is C16H25N3O3. The average Bonchev–Trinajstić information content (AvgIpc) is 2.43. The maximum Gasteiger partial charge on any atom is 0.252 e. The fourth-order valence-electron chi connectivity index (χ4n) is 1.79. The van der Waals surface area contributed by atoms with E-state index < -0.39 is 4.92 Å². The third kappa shape index (κ3) is 5.27. The van der Waals surface area contributed by atoms with Crippen molar-refractivity contribution in [2.24, 2.45) is 5.41 Å². The van der Waals surface area contributed by atoms with Gasteiger partial charge in [-0.05, 0) is 31.4 Å². The molecule has 0 bridgehead atoms. The number of nitrogens with one attached hydrogen (secondary N) is 1. The maximum atomic E-state index is 10.6. The molecule has 6 nitrogen and oxygen atoms in total. The number of nitro groups is 1. The Labute approximate surface area is 131 Å². The summed E-state index contributed by atoms with van der Waals surface area (Å²) in [5.41, 5.74) is 3.92. The van der Waals surface area contributed by atoms with Crippen LogP contribution in [0.4, 0.5) is 5.69 Å². The lowest BCUT2D eigenvalue weighted by Crippen LogP contribution is -2.42. The second-order valence-corrected chi connectivity index (χ2v) is 6.07. The van der Waals surface area contributed by atoms with Crippen LogP contribution in [0.25, 0.3) is 0 Å². The molecule has 0 aliphatic carbocycles. The molecule has 22 heavy (non-hydrogen) atoms. The van der Waals surface area contributed by atoms with Gasteiger partial charge in [-0.1, -0.05) is 32.9 Å². The topological polar surface area (TPSA) is 67.6 Å². The van der Waals surface area contributed by atoms with Crippen LogP contribution < -0.4 is 10.2 Å². The number of nitrogens with zero attached hydrogens (tertiary/aromatic N) is 2. The van der Waals surface area contributed by atoms with Gasteiger partial charge in [-0.2, -0.15) is 0 Å². The summed E-state index contributed by atoms with van der Waals surface area (Å²) in [6.07, 6.45) is 2.37. The van der Waals surface area contributed by atoms with Crippen molar-refractivity contribution in [3.63, 3.8) is 0 Å². The molecule has 0 aromatic heterocycles. The minimum atomic E-state index is -0.474. The van der Waals surface area contributed by atoms with Gasteiger partial charge in [-0.15, -0.1) is 0 Å². The fourth-order valence-corrected chi connectivity index (χ4v) is 1.79. The number of benzene rings is 1. The zero-order chi connectivity index (χ0) is 16.8. The quantitative estimate of drug-likeness (QED) is 0.611. The molecule has 6 heteroatoms. The standard InChI is InChI=1S/C16H25N3O3/c1-6-22-15-10-8-7-9-14(15)17-18(11-12-19(20)21)13(2)16(3,4)5/h7-13,17H,6H2,1-5H3. The largest absolute Gasteiger partial charge is 0.492 e. The Morgan fingerprint density at radius 3 is 2.59 bits per heavy atom. The van der Waals surface area contributed by atoms with Crippen LogP contribution in [0.2, 0.25) is 0 Å². The van der Waals surface area contributed by atoms with Crippen LogP contribution in [0, 0.1) is 15.5 Å². The number of para-hydroxylation sites is 2. The number of hydrogen-bond acceptors (Lipinski definition) is 5. The lowest BCUT2D eigenvalue weighted by atomic mass is 9.88. The first-order valence-electron chi connectivity index (χ1n) is 7.34. The summed E-state index contributed by atoms with van der Waals surface area (Å²) < 4.78 is 5.58. The van der Waals surface area contributed by atoms with Crippen LogP contribution in [-0.2, 0) is 0 Å². The highest BCUT2D eigenvalue weighted by Crippen LogP contribution is 2.28. The summed E-state index contributed by atoms with van der Waals surface area (Å²) in [7, 11) is 0. The van der Waals surface area contributed by atoms with E-state index in [9.17, 15) is 10.1 Å². The Morgan fingerprint density at radius 2 is 2.05 bits per heavy atom. The molecule has 0 aliphatic heterocycles. The average molecular weight is 307 g/mol. The van der Waals surface area contributed by atoms with Gasteiger partial charge in [0.2, 0.25) is 0 Å². The normalized spacial score (nSPS) is 13.0. The monoisotopic (exact) mass is 307 g/mol. The molecule has 0 amide bonds. The molecule has 0 saturated heterocycles. The molecule has 0 saturated carbocycles. The Kier molecular flexibility index (Phi) is 6.22. The van der Waals surface area contributed by atoms with Crippen LogP contribution in [0.5, 0.6) is 5.75 Å². The summed E-state index contributed by atoms with van der Waals surface area (Å²) in [5, 5.41) is 12.4. The molecule has 0 fully saturated rings. The van der Waals surface area contributed by atoms with Crippen LogP contribution >= 0.6 is 0 Å². The van der Waals surface area contributed by atoms with E-state index in [1.807, 2.05) is 38.1 Å². The van der Waals surface area contributed by atoms with Crippen molar-refractivity contribution in [3.8, 4) is 5.75 Å². The number of ether oxygens (including phenoxy) is 1. The molecule has 0 spiro atoms. The summed E-state index contributed by atoms with van der Waals surface area (Å²) in [4.78, 5) is 10.2. The maximum absolute atomic E-state index is 10.6. The molecule has 1 aromatic carbocycles. The third-order valence-electron chi connectivity index (χ3n) is 3.46. The lowest BCUT2D eigenvalue weighted by Gasteiger charge is -2.37. The van der Waals surface area contributed by atoms with Crippen LogP contribution in [0.1, 0.15) is 34.6 Å². The smallest absolute Gasteiger partial charge is 0.252 e. The minimum absolute atomic E-state index is 0.0263. The summed E-state index contributed by atoms with van der Waals surface area (Å²) in [5.74, 6) is 0.714. The van der Waals surface area contributed by atoms with Crippen molar-refractivity contribution in [1.82, 2.24) is 5.01 Å². The van der Waals surface area contributed by atoms with E-state index in [2.05, 4.69) is 26.2 Å². The van der Waals surface area contributed by atoms with Crippen LogP contribution in [0.15, 0.2) is 36.7 Å². The number of hydrogen-bond donors (Lipinski definition) is 1. The highest BCUT2D eigenvalue weighted by atomic mass is 16.6. The zero-order valence-electron chi connectivity index (χ0n) is 13.9. The van der Waals surface area contributed by atoms with E-state index in [4.69, 9.17) is 4.74 Å². The van der Waals surface area contributed by atoms with Crippen molar-refractivity contribution in [3.05, 3.63) is 46.8 Å². The van der Waals surface area contributed by atoms with E-state index in [1.165, 1.54) is 6.20 Å². The molecule has 122 valence electrons. The van der Waals surface area contributed by atoms with Crippen molar-refractivity contribution in [1.29, 1.82) is 0 Å². The molecule has 1 unspecified atom stereocenters. The summed E-state index contributed by atoms with van der Waals surface area (Å²) in [6.45, 7) is 10.7. The summed E-state index contributed by atoms with van der Waals surface area (Å²) >= 11 is 0. The van der Waals surface area contributed by atoms with Crippen LogP contribution in [-0.4, -0.2) is 22.6 Å².